The first-order valence-corrected chi connectivity index (χ1v) is 25.8. The van der Waals surface area contributed by atoms with Crippen LogP contribution in [0.25, 0.3) is 89.7 Å². The van der Waals surface area contributed by atoms with Crippen LogP contribution in [0.2, 0.25) is 75.3 Å². The van der Waals surface area contributed by atoms with Crippen LogP contribution in [0.5, 0.6) is 11.5 Å². The van der Waals surface area contributed by atoms with Crippen molar-refractivity contribution in [2.75, 3.05) is 0 Å². The van der Waals surface area contributed by atoms with Gasteiger partial charge in [-0.05, 0) is 22.5 Å². The second-order valence-electron chi connectivity index (χ2n) is 18.0. The maximum Gasteiger partial charge on any atom is 0.166 e. The summed E-state index contributed by atoms with van der Waals surface area (Å²) in [6.07, 6.45) is 0. The Balaban J connectivity index is 1.40. The van der Waals surface area contributed by atoms with Crippen LogP contribution in [0.1, 0.15) is 52.7 Å². The van der Waals surface area contributed by atoms with Gasteiger partial charge in [0.05, 0.1) is 114 Å². The Bertz CT molecular complexity index is 3900. The van der Waals surface area contributed by atoms with Gasteiger partial charge in [-0.2, -0.15) is 0 Å². The Morgan fingerprint density at radius 2 is 0.671 bits per heavy atom. The minimum atomic E-state index is -0.398. The average Bonchev–Trinajstić information content (AvgIpc) is 4.05. The van der Waals surface area contributed by atoms with E-state index in [2.05, 4.69) is 57.6 Å². The molecule has 358 valence electrons. The molecule has 0 atom stereocenters. The lowest BCUT2D eigenvalue weighted by molar-refractivity contribution is 0.454. The van der Waals surface area contributed by atoms with E-state index in [1.54, 1.807) is 0 Å². The fraction of sp³-hybridized carbons (Fsp3) is 0.174. The van der Waals surface area contributed by atoms with Gasteiger partial charge in [-0.1, -0.05) is 228 Å². The van der Waals surface area contributed by atoms with Gasteiger partial charge in [0, 0.05) is 5.56 Å². The number of benzene rings is 5. The highest BCUT2D eigenvalue weighted by Crippen LogP contribution is 2.56. The minimum Gasteiger partial charge on any atom is -0.454 e. The second kappa shape index (κ2) is 17.9. The lowest BCUT2D eigenvalue weighted by Gasteiger charge is -2.27. The topological polar surface area (TPSA) is 118 Å². The van der Waals surface area contributed by atoms with Crippen LogP contribution >= 0.6 is 174 Å². The van der Waals surface area contributed by atoms with Crippen LogP contribution < -0.4 is 4.74 Å². The Hall–Kier alpha value is -2.39. The molecule has 0 amide bonds. The van der Waals surface area contributed by atoms with Crippen LogP contribution in [0.15, 0.2) is 18.2 Å². The molecule has 70 heavy (non-hydrogen) atoms. The molecule has 8 aromatic rings. The first-order chi connectivity index (χ1) is 32.7. The molecule has 24 heteroatoms. The monoisotopic (exact) mass is 1230 g/mol. The summed E-state index contributed by atoms with van der Waals surface area (Å²) in [6.45, 7) is 12.6. The number of H-pyrrole nitrogens is 2. The van der Waals surface area contributed by atoms with Gasteiger partial charge in [0.15, 0.2) is 29.0 Å². The van der Waals surface area contributed by atoms with Crippen molar-refractivity contribution in [1.29, 1.82) is 0 Å². The van der Waals surface area contributed by atoms with Crippen molar-refractivity contribution in [2.24, 2.45) is 0 Å². The highest BCUT2D eigenvalue weighted by atomic mass is 35.5. The van der Waals surface area contributed by atoms with Crippen molar-refractivity contribution in [1.82, 2.24) is 39.9 Å². The van der Waals surface area contributed by atoms with E-state index in [0.717, 1.165) is 11.1 Å². The predicted molar refractivity (Wildman–Crippen MR) is 295 cm³/mol. The molecule has 3 aromatic heterocycles. The maximum atomic E-state index is 7.48. The fourth-order valence-electron chi connectivity index (χ4n) is 8.12. The molecule has 0 radical (unpaired) electrons. The first kappa shape index (κ1) is 51.1. The van der Waals surface area contributed by atoms with Crippen LogP contribution in [0, 0.1) is 0 Å². The summed E-state index contributed by atoms with van der Waals surface area (Å²) in [4.78, 5) is 35.9. The number of hydrogen-bond acceptors (Lipinski definition) is 7. The number of hydrogen-bond donors (Lipinski definition) is 2. The maximum absolute atomic E-state index is 7.48. The SMILES string of the molecule is CC(C)(C)c1ccc(Oc2c(Cl)c(Cl)c3c(c2Cl)-c2nc-3nc3[nH]c(nc4nc(nc5[nH]c(n2)c2c(Cl)c(Cl)c(Cl)c(Cl)c52)-c2c(Cl)c(Cl)c(Cl)c(Cl)c2-4)c2c(Cl)c(Cl)c(Cl)c(Cl)c32)c(C(C)(C)C)c1. The number of rotatable bonds is 2. The van der Waals surface area contributed by atoms with E-state index in [1.807, 2.05) is 12.1 Å². The van der Waals surface area contributed by atoms with E-state index in [4.69, 9.17) is 209 Å². The molecule has 0 aliphatic carbocycles. The highest BCUT2D eigenvalue weighted by molar-refractivity contribution is 6.58. The summed E-state index contributed by atoms with van der Waals surface area (Å²) in [6, 6.07) is 5.95. The van der Waals surface area contributed by atoms with Gasteiger partial charge >= 0.3 is 0 Å². The molecule has 0 unspecified atom stereocenters. The molecule has 9 nitrogen and oxygen atoms in total. The highest BCUT2D eigenvalue weighted by Gasteiger charge is 2.35. The molecule has 2 aliphatic heterocycles. The Kier molecular flexibility index (Phi) is 13.1. The van der Waals surface area contributed by atoms with Crippen molar-refractivity contribution in [3.8, 4) is 57.1 Å². The lowest BCUT2D eigenvalue weighted by Crippen LogP contribution is -2.17. The number of nitrogens with one attached hydrogen (secondary N) is 2. The van der Waals surface area contributed by atoms with Crippen molar-refractivity contribution < 1.29 is 4.74 Å². The Morgan fingerprint density at radius 1 is 0.357 bits per heavy atom. The van der Waals surface area contributed by atoms with Crippen molar-refractivity contribution in [3.05, 3.63) is 105 Å². The Labute approximate surface area is 472 Å². The zero-order valence-electron chi connectivity index (χ0n) is 36.0. The van der Waals surface area contributed by atoms with Gasteiger partial charge in [0.25, 0.3) is 0 Å². The van der Waals surface area contributed by atoms with Gasteiger partial charge in [-0.3, -0.25) is 0 Å². The van der Waals surface area contributed by atoms with Gasteiger partial charge in [-0.15, -0.1) is 0 Å². The molecular formula is C46H23Cl15N8O. The largest absolute Gasteiger partial charge is 0.454 e. The third-order valence-electron chi connectivity index (χ3n) is 11.6. The van der Waals surface area contributed by atoms with Gasteiger partial charge in [-0.25, -0.2) is 29.9 Å². The van der Waals surface area contributed by atoms with E-state index in [9.17, 15) is 0 Å². The van der Waals surface area contributed by atoms with Crippen molar-refractivity contribution in [3.63, 3.8) is 0 Å². The molecule has 0 spiro atoms. The minimum absolute atomic E-state index is 0.000703. The van der Waals surface area contributed by atoms with Crippen LogP contribution in [0.4, 0.5) is 0 Å². The van der Waals surface area contributed by atoms with Gasteiger partial charge in [0.1, 0.15) is 33.4 Å². The summed E-state index contributed by atoms with van der Waals surface area (Å²) >= 11 is 104. The lowest BCUT2D eigenvalue weighted by atomic mass is 9.80. The molecule has 0 saturated carbocycles. The number of nitrogens with zero attached hydrogens (tertiary/aromatic N) is 6. The predicted octanol–water partition coefficient (Wildman–Crippen LogP) is 21.1. The number of fused-ring (bicyclic) bond motifs is 20. The third kappa shape index (κ3) is 7.87. The fourth-order valence-corrected chi connectivity index (χ4v) is 12.1. The molecule has 5 heterocycles. The van der Waals surface area contributed by atoms with Crippen molar-refractivity contribution >= 4 is 218 Å². The van der Waals surface area contributed by atoms with E-state index < -0.39 is 5.41 Å². The van der Waals surface area contributed by atoms with Gasteiger partial charge < -0.3 is 14.7 Å². The summed E-state index contributed by atoms with van der Waals surface area (Å²) in [5, 5.41) is -0.338. The quantitative estimate of drug-likeness (QED) is 0.131. The second-order valence-corrected chi connectivity index (χ2v) is 23.6. The standard InChI is InChI=1S/C46H23Cl15N8O/c1-45(2,3)10-7-8-12(11(9-10)46(4,5)6)70-36-28(54)20-19(27(53)35(36)61)43-67-41-16-15(23(49)31(57)32(58)24(16)50)39(65-41)63-37-13-14(22(48)30(56)29(55)21(13)47)38(62-37)64-40-17-18(42(66-40)68-44(20)69-43)26(52)34(60)33(59)25(17)51/h7-9H,1-6H3,(H2,62,63,64,65,66,67,68,69). The zero-order chi connectivity index (χ0) is 50.7. The molecule has 0 fully saturated rings. The zero-order valence-corrected chi connectivity index (χ0v) is 47.3. The molecule has 2 aliphatic rings. The molecule has 8 bridgehead atoms. The van der Waals surface area contributed by atoms with E-state index in [-0.39, 0.29) is 176 Å². The number of aromatic nitrogens is 8. The van der Waals surface area contributed by atoms with E-state index in [0.29, 0.717) is 5.75 Å². The molecule has 10 rings (SSSR count). The number of aromatic amines is 2. The molecule has 0 saturated heterocycles. The third-order valence-corrected chi connectivity index (χ3v) is 18.2. The molecule has 2 N–H and O–H groups in total. The van der Waals surface area contributed by atoms with Crippen LogP contribution in [-0.2, 0) is 10.8 Å². The van der Waals surface area contributed by atoms with Crippen LogP contribution in [0.3, 0.4) is 0 Å². The number of halogens is 15. The Morgan fingerprint density at radius 3 is 1.00 bits per heavy atom. The van der Waals surface area contributed by atoms with E-state index >= 15 is 0 Å². The number of ether oxygens (including phenoxy) is 1. The summed E-state index contributed by atoms with van der Waals surface area (Å²) in [5.41, 5.74) is 2.03. The molecule has 5 aromatic carbocycles. The van der Waals surface area contributed by atoms with Crippen molar-refractivity contribution in [2.45, 2.75) is 52.4 Å². The van der Waals surface area contributed by atoms with Gasteiger partial charge in [0.2, 0.25) is 0 Å². The smallest absolute Gasteiger partial charge is 0.166 e. The van der Waals surface area contributed by atoms with E-state index in [1.165, 1.54) is 0 Å². The summed E-state index contributed by atoms with van der Waals surface area (Å²) in [5.74, 6) is 0.201. The average molecular weight is 1240 g/mol. The van der Waals surface area contributed by atoms with Crippen LogP contribution in [-0.4, -0.2) is 39.9 Å². The summed E-state index contributed by atoms with van der Waals surface area (Å²) in [7, 11) is 0. The molecular weight excluding hydrogens is 1210 g/mol. The summed E-state index contributed by atoms with van der Waals surface area (Å²) < 4.78 is 6.71. The normalized spacial score (nSPS) is 12.6. The first-order valence-electron chi connectivity index (χ1n) is 20.2.